The third-order valence-corrected chi connectivity index (χ3v) is 5.70. The van der Waals surface area contributed by atoms with Crippen LogP contribution in [0, 0.1) is 5.82 Å². The van der Waals surface area contributed by atoms with Gasteiger partial charge in [0.2, 0.25) is 5.95 Å². The van der Waals surface area contributed by atoms with Crippen molar-refractivity contribution in [1.29, 1.82) is 0 Å². The van der Waals surface area contributed by atoms with E-state index in [-0.39, 0.29) is 11.5 Å². The van der Waals surface area contributed by atoms with Gasteiger partial charge in [0.15, 0.2) is 0 Å². The number of fused-ring (bicyclic) bond motifs is 2. The van der Waals surface area contributed by atoms with Crippen LogP contribution in [-0.4, -0.2) is 40.5 Å². The second-order valence-corrected chi connectivity index (χ2v) is 7.80. The van der Waals surface area contributed by atoms with Crippen molar-refractivity contribution in [1.82, 2.24) is 20.2 Å². The van der Waals surface area contributed by atoms with Gasteiger partial charge in [-0.1, -0.05) is 24.3 Å². The largest absolute Gasteiger partial charge is 0.496 e. The Morgan fingerprint density at radius 1 is 1.09 bits per heavy atom. The predicted molar refractivity (Wildman–Crippen MR) is 129 cm³/mol. The number of H-pyrrole nitrogens is 2. The Bertz CT molecular complexity index is 1640. The number of carbonyl (C=O) groups excluding carboxylic acids is 1. The first-order valence-electron chi connectivity index (χ1n) is 10.6. The quantitative estimate of drug-likeness (QED) is 0.348. The van der Waals surface area contributed by atoms with Crippen LogP contribution in [0.15, 0.2) is 59.4 Å². The lowest BCUT2D eigenvalue weighted by molar-refractivity contribution is 0.186. The van der Waals surface area contributed by atoms with Gasteiger partial charge in [0, 0.05) is 29.0 Å². The molecule has 3 N–H and O–H groups in total. The molecule has 2 heterocycles. The molecule has 0 radical (unpaired) electrons. The Morgan fingerprint density at radius 2 is 1.89 bits per heavy atom. The number of methoxy groups -OCH3 is 2. The first-order valence-corrected chi connectivity index (χ1v) is 10.6. The molecule has 9 nitrogen and oxygen atoms in total. The Labute approximate surface area is 197 Å². The minimum Gasteiger partial charge on any atom is -0.496 e. The maximum absolute atomic E-state index is 15.1. The number of rotatable bonds is 5. The minimum atomic E-state index is -0.654. The van der Waals surface area contributed by atoms with E-state index in [4.69, 9.17) is 4.74 Å². The van der Waals surface area contributed by atoms with E-state index < -0.39 is 11.9 Å². The van der Waals surface area contributed by atoms with Gasteiger partial charge < -0.3 is 14.5 Å². The van der Waals surface area contributed by atoms with E-state index in [0.29, 0.717) is 56.4 Å². The zero-order valence-corrected chi connectivity index (χ0v) is 18.8. The molecule has 0 aliphatic rings. The van der Waals surface area contributed by atoms with Crippen LogP contribution >= 0.6 is 0 Å². The predicted octanol–water partition coefficient (Wildman–Crippen LogP) is 4.38. The lowest BCUT2D eigenvalue weighted by atomic mass is 9.97. The second kappa shape index (κ2) is 8.90. The molecule has 0 unspecified atom stereocenters. The molecule has 1 amide bonds. The van der Waals surface area contributed by atoms with E-state index in [0.717, 1.165) is 0 Å². The molecule has 5 aromatic rings. The molecule has 0 saturated heterocycles. The summed E-state index contributed by atoms with van der Waals surface area (Å²) in [5, 5.41) is 10.5. The van der Waals surface area contributed by atoms with Gasteiger partial charge in [-0.2, -0.15) is 5.10 Å². The number of nitrogens with one attached hydrogen (secondary N) is 3. The van der Waals surface area contributed by atoms with Crippen molar-refractivity contribution in [2.24, 2.45) is 0 Å². The van der Waals surface area contributed by atoms with E-state index in [1.165, 1.54) is 20.3 Å². The summed E-state index contributed by atoms with van der Waals surface area (Å²) in [4.78, 5) is 30.9. The SMILES string of the molecule is COC(=O)Nc1nc2cc(-c3cc(Cc4n[nH]c(=O)c5ccccc45)c(OC)cc3F)ccc2[nH]1. The molecule has 0 spiro atoms. The van der Waals surface area contributed by atoms with Gasteiger partial charge in [0.1, 0.15) is 11.6 Å². The number of benzene rings is 3. The summed E-state index contributed by atoms with van der Waals surface area (Å²) in [5.41, 5.74) is 3.21. The van der Waals surface area contributed by atoms with E-state index in [9.17, 15) is 9.59 Å². The number of anilines is 1. The van der Waals surface area contributed by atoms with Gasteiger partial charge in [-0.25, -0.2) is 19.3 Å². The van der Waals surface area contributed by atoms with Crippen molar-refractivity contribution in [3.05, 3.63) is 82.0 Å². The number of nitrogens with zero attached hydrogens (tertiary/aromatic N) is 2. The zero-order valence-electron chi connectivity index (χ0n) is 18.8. The molecule has 0 aliphatic carbocycles. The van der Waals surface area contributed by atoms with Gasteiger partial charge >= 0.3 is 6.09 Å². The van der Waals surface area contributed by atoms with Crippen LogP contribution in [0.25, 0.3) is 32.9 Å². The van der Waals surface area contributed by atoms with Crippen LogP contribution in [0.4, 0.5) is 15.1 Å². The van der Waals surface area contributed by atoms with Gasteiger partial charge in [-0.05, 0) is 29.8 Å². The molecule has 176 valence electrons. The highest BCUT2D eigenvalue weighted by atomic mass is 19.1. The number of ether oxygens (including phenoxy) is 2. The maximum Gasteiger partial charge on any atom is 0.413 e. The van der Waals surface area contributed by atoms with E-state index in [2.05, 4.69) is 30.2 Å². The van der Waals surface area contributed by atoms with Crippen LogP contribution < -0.4 is 15.6 Å². The smallest absolute Gasteiger partial charge is 0.413 e. The van der Waals surface area contributed by atoms with Crippen LogP contribution in [0.1, 0.15) is 11.3 Å². The summed E-state index contributed by atoms with van der Waals surface area (Å²) >= 11 is 0. The average molecular weight is 473 g/mol. The fraction of sp³-hybridized carbons (Fsp3) is 0.120. The lowest BCUT2D eigenvalue weighted by Gasteiger charge is -2.13. The molecule has 0 atom stereocenters. The lowest BCUT2D eigenvalue weighted by Crippen LogP contribution is -2.11. The van der Waals surface area contributed by atoms with E-state index >= 15 is 4.39 Å². The Hall–Kier alpha value is -4.73. The van der Waals surface area contributed by atoms with Crippen molar-refractivity contribution < 1.29 is 18.7 Å². The molecular weight excluding hydrogens is 453 g/mol. The van der Waals surface area contributed by atoms with Gasteiger partial charge in [-0.3, -0.25) is 10.1 Å². The fourth-order valence-electron chi connectivity index (χ4n) is 4.02. The van der Waals surface area contributed by atoms with Crippen molar-refractivity contribution in [3.63, 3.8) is 0 Å². The standard InChI is InChI=1S/C25H20FN5O4/c1-34-22-12-18(26)17(13-7-8-19-21(10-13)28-24(27-19)29-25(33)35-2)9-14(22)11-20-15-5-3-4-6-16(15)23(32)31-30-20/h3-10,12H,11H2,1-2H3,(H,31,32)(H2,27,28,29,33). The highest BCUT2D eigenvalue weighted by molar-refractivity contribution is 5.88. The molecule has 5 rings (SSSR count). The Kier molecular flexibility index (Phi) is 5.61. The summed E-state index contributed by atoms with van der Waals surface area (Å²) in [7, 11) is 2.73. The summed E-state index contributed by atoms with van der Waals surface area (Å²) in [5.74, 6) is 0.123. The number of imidazole rings is 1. The number of halogens is 1. The Morgan fingerprint density at radius 3 is 2.66 bits per heavy atom. The number of carbonyl (C=O) groups is 1. The molecule has 0 aliphatic heterocycles. The molecular formula is C25H20FN5O4. The summed E-state index contributed by atoms with van der Waals surface area (Å²) < 4.78 is 25.1. The zero-order chi connectivity index (χ0) is 24.5. The summed E-state index contributed by atoms with van der Waals surface area (Å²) in [6.45, 7) is 0. The van der Waals surface area contributed by atoms with E-state index in [1.807, 2.05) is 12.1 Å². The summed E-state index contributed by atoms with van der Waals surface area (Å²) in [6, 6.07) is 15.4. The third kappa shape index (κ3) is 4.17. The maximum atomic E-state index is 15.1. The van der Waals surface area contributed by atoms with Crippen LogP contribution in [0.5, 0.6) is 5.75 Å². The minimum absolute atomic E-state index is 0.218. The molecule has 0 fully saturated rings. The van der Waals surface area contributed by atoms with Crippen molar-refractivity contribution in [2.45, 2.75) is 6.42 Å². The monoisotopic (exact) mass is 473 g/mol. The topological polar surface area (TPSA) is 122 Å². The fourth-order valence-corrected chi connectivity index (χ4v) is 4.02. The van der Waals surface area contributed by atoms with Gasteiger partial charge in [0.05, 0.1) is 36.3 Å². The van der Waals surface area contributed by atoms with Crippen molar-refractivity contribution >= 4 is 33.8 Å². The number of amides is 1. The number of aromatic nitrogens is 4. The molecule has 3 aromatic carbocycles. The van der Waals surface area contributed by atoms with Crippen LogP contribution in [-0.2, 0) is 11.2 Å². The number of aromatic amines is 2. The normalized spacial score (nSPS) is 11.1. The first kappa shape index (κ1) is 22.1. The molecule has 0 bridgehead atoms. The highest BCUT2D eigenvalue weighted by Gasteiger charge is 2.16. The Balaban J connectivity index is 1.56. The summed E-state index contributed by atoms with van der Waals surface area (Å²) in [6.07, 6.45) is -0.343. The number of hydrogen-bond acceptors (Lipinski definition) is 6. The van der Waals surface area contributed by atoms with E-state index in [1.54, 1.807) is 36.4 Å². The van der Waals surface area contributed by atoms with Crippen LogP contribution in [0.2, 0.25) is 0 Å². The number of hydrogen-bond donors (Lipinski definition) is 3. The highest BCUT2D eigenvalue weighted by Crippen LogP contribution is 2.33. The van der Waals surface area contributed by atoms with Gasteiger partial charge in [0.25, 0.3) is 5.56 Å². The third-order valence-electron chi connectivity index (χ3n) is 5.70. The molecule has 35 heavy (non-hydrogen) atoms. The second-order valence-electron chi connectivity index (χ2n) is 7.80. The average Bonchev–Trinajstić information content (AvgIpc) is 3.27. The first-order chi connectivity index (χ1) is 17.0. The molecule has 2 aromatic heterocycles. The van der Waals surface area contributed by atoms with Crippen LogP contribution in [0.3, 0.4) is 0 Å². The molecule has 0 saturated carbocycles. The van der Waals surface area contributed by atoms with Gasteiger partial charge in [-0.15, -0.1) is 0 Å². The van der Waals surface area contributed by atoms with Crippen molar-refractivity contribution in [2.75, 3.05) is 19.5 Å². The molecule has 10 heteroatoms. The van der Waals surface area contributed by atoms with Crippen molar-refractivity contribution in [3.8, 4) is 16.9 Å².